The Kier molecular flexibility index (Phi) is 5.37. The van der Waals surface area contributed by atoms with E-state index >= 15 is 0 Å². The summed E-state index contributed by atoms with van der Waals surface area (Å²) < 4.78 is 5.23. The van der Waals surface area contributed by atoms with E-state index in [1.165, 1.54) is 0 Å². The van der Waals surface area contributed by atoms with Crippen LogP contribution in [0.3, 0.4) is 0 Å². The van der Waals surface area contributed by atoms with Gasteiger partial charge in [0.05, 0.1) is 30.1 Å². The first-order valence-corrected chi connectivity index (χ1v) is 9.25. The van der Waals surface area contributed by atoms with Gasteiger partial charge in [0, 0.05) is 23.9 Å². The number of H-pyrrole nitrogens is 1. The third-order valence-electron chi connectivity index (χ3n) is 3.98. The van der Waals surface area contributed by atoms with Crippen molar-refractivity contribution in [2.45, 2.75) is 26.3 Å². The average Bonchev–Trinajstić information content (AvgIpc) is 3.31. The molecule has 0 aliphatic heterocycles. The molecule has 136 valence electrons. The molecule has 0 saturated heterocycles. The molecule has 2 aromatic heterocycles. The van der Waals surface area contributed by atoms with Crippen LogP contribution in [0.2, 0.25) is 0 Å². The molecular weight excluding hydrogens is 348 g/mol. The lowest BCUT2D eigenvalue weighted by atomic mass is 10.1. The Hall–Kier alpha value is -2.67. The highest BCUT2D eigenvalue weighted by atomic mass is 32.1. The molecule has 7 heteroatoms. The maximum atomic E-state index is 12.7. The molecule has 0 fully saturated rings. The number of nitrogens with one attached hydrogen (secondary N) is 1. The van der Waals surface area contributed by atoms with Gasteiger partial charge in [0.1, 0.15) is 11.4 Å². The van der Waals surface area contributed by atoms with Crippen molar-refractivity contribution in [1.29, 1.82) is 0 Å². The van der Waals surface area contributed by atoms with E-state index in [1.54, 1.807) is 36.5 Å². The molecule has 6 nitrogen and oxygen atoms in total. The zero-order valence-corrected chi connectivity index (χ0v) is 16.1. The largest absolute Gasteiger partial charge is 0.497 e. The molecular formula is C19H22N4O2S. The van der Waals surface area contributed by atoms with Crippen LogP contribution in [0.5, 0.6) is 5.75 Å². The molecule has 0 unspecified atom stereocenters. The van der Waals surface area contributed by atoms with Gasteiger partial charge in [-0.3, -0.25) is 9.89 Å². The van der Waals surface area contributed by atoms with E-state index in [-0.39, 0.29) is 5.91 Å². The minimum absolute atomic E-state index is 0.120. The smallest absolute Gasteiger partial charge is 0.271 e. The molecule has 1 aromatic carbocycles. The first-order chi connectivity index (χ1) is 12.5. The highest BCUT2D eigenvalue weighted by molar-refractivity contribution is 7.09. The van der Waals surface area contributed by atoms with Crippen molar-refractivity contribution in [2.75, 3.05) is 14.2 Å². The van der Waals surface area contributed by atoms with E-state index in [9.17, 15) is 4.79 Å². The number of aromatic amines is 1. The quantitative estimate of drug-likeness (QED) is 0.713. The zero-order chi connectivity index (χ0) is 18.7. The first kappa shape index (κ1) is 18.1. The second-order valence-corrected chi connectivity index (χ2v) is 7.28. The minimum Gasteiger partial charge on any atom is -0.497 e. The molecule has 0 radical (unpaired) electrons. The van der Waals surface area contributed by atoms with E-state index < -0.39 is 0 Å². The summed E-state index contributed by atoms with van der Waals surface area (Å²) in [4.78, 5) is 18.9. The lowest BCUT2D eigenvalue weighted by Crippen LogP contribution is -2.26. The van der Waals surface area contributed by atoms with Gasteiger partial charge in [0.25, 0.3) is 5.91 Å². The van der Waals surface area contributed by atoms with Crippen molar-refractivity contribution in [3.8, 4) is 17.0 Å². The molecule has 0 spiro atoms. The molecule has 0 bridgehead atoms. The van der Waals surface area contributed by atoms with Gasteiger partial charge >= 0.3 is 0 Å². The van der Waals surface area contributed by atoms with Gasteiger partial charge in [-0.1, -0.05) is 26.0 Å². The number of amides is 1. The van der Waals surface area contributed by atoms with Gasteiger partial charge in [0.15, 0.2) is 0 Å². The second-order valence-electron chi connectivity index (χ2n) is 6.39. The van der Waals surface area contributed by atoms with Crippen molar-refractivity contribution >= 4 is 17.2 Å². The van der Waals surface area contributed by atoms with Gasteiger partial charge in [0.2, 0.25) is 0 Å². The maximum absolute atomic E-state index is 12.7. The minimum atomic E-state index is -0.120. The summed E-state index contributed by atoms with van der Waals surface area (Å²) >= 11 is 1.63. The number of aromatic nitrogens is 3. The van der Waals surface area contributed by atoms with E-state index in [1.807, 2.05) is 29.6 Å². The molecule has 0 atom stereocenters. The molecule has 3 aromatic rings. The van der Waals surface area contributed by atoms with Crippen molar-refractivity contribution < 1.29 is 9.53 Å². The first-order valence-electron chi connectivity index (χ1n) is 8.37. The van der Waals surface area contributed by atoms with Crippen molar-refractivity contribution in [1.82, 2.24) is 20.1 Å². The summed E-state index contributed by atoms with van der Waals surface area (Å²) in [7, 11) is 3.39. The molecule has 1 N–H and O–H groups in total. The predicted molar refractivity (Wildman–Crippen MR) is 103 cm³/mol. The lowest BCUT2D eigenvalue weighted by Gasteiger charge is -2.14. The SMILES string of the molecule is COc1cccc(-c2cc(C(=O)N(C)Cc3csc(C(C)C)n3)[nH]n2)c1. The third-order valence-corrected chi connectivity index (χ3v) is 5.18. The molecule has 1 amide bonds. The van der Waals surface area contributed by atoms with Crippen molar-refractivity contribution in [2.24, 2.45) is 0 Å². The number of carbonyl (C=O) groups excluding carboxylic acids is 1. The number of rotatable bonds is 6. The van der Waals surface area contributed by atoms with Crippen LogP contribution in [-0.2, 0) is 6.54 Å². The van der Waals surface area contributed by atoms with E-state index in [0.717, 1.165) is 22.0 Å². The van der Waals surface area contributed by atoms with Gasteiger partial charge < -0.3 is 9.64 Å². The number of benzene rings is 1. The van der Waals surface area contributed by atoms with Gasteiger partial charge in [-0.15, -0.1) is 11.3 Å². The fourth-order valence-corrected chi connectivity index (χ4v) is 3.37. The summed E-state index contributed by atoms with van der Waals surface area (Å²) in [5, 5.41) is 10.2. The standard InChI is InChI=1S/C19H22N4O2S/c1-12(2)18-20-14(11-26-18)10-23(3)19(24)17-9-16(21-22-17)13-6-5-7-15(8-13)25-4/h5-9,11-12H,10H2,1-4H3,(H,21,22). The van der Waals surface area contributed by atoms with Crippen LogP contribution in [0.4, 0.5) is 0 Å². The highest BCUT2D eigenvalue weighted by Gasteiger charge is 2.17. The van der Waals surface area contributed by atoms with E-state index in [0.29, 0.717) is 23.9 Å². The van der Waals surface area contributed by atoms with Crippen molar-refractivity contribution in [3.63, 3.8) is 0 Å². The topological polar surface area (TPSA) is 71.1 Å². The molecule has 26 heavy (non-hydrogen) atoms. The summed E-state index contributed by atoms with van der Waals surface area (Å²) in [5.41, 5.74) is 2.95. The summed E-state index contributed by atoms with van der Waals surface area (Å²) in [6.07, 6.45) is 0. The van der Waals surface area contributed by atoms with Crippen LogP contribution in [0.25, 0.3) is 11.3 Å². The Bertz CT molecular complexity index is 900. The number of carbonyl (C=O) groups is 1. The zero-order valence-electron chi connectivity index (χ0n) is 15.3. The van der Waals surface area contributed by atoms with Crippen LogP contribution < -0.4 is 4.74 Å². The Morgan fingerprint density at radius 3 is 2.85 bits per heavy atom. The summed E-state index contributed by atoms with van der Waals surface area (Å²) in [6, 6.07) is 9.34. The van der Waals surface area contributed by atoms with Crippen LogP contribution >= 0.6 is 11.3 Å². The molecule has 2 heterocycles. The third kappa shape index (κ3) is 3.94. The summed E-state index contributed by atoms with van der Waals surface area (Å²) in [5.74, 6) is 1.03. The number of nitrogens with zero attached hydrogens (tertiary/aromatic N) is 3. The van der Waals surface area contributed by atoms with Gasteiger partial charge in [-0.05, 0) is 18.2 Å². The van der Waals surface area contributed by atoms with Crippen LogP contribution in [0, 0.1) is 0 Å². The summed E-state index contributed by atoms with van der Waals surface area (Å²) in [6.45, 7) is 4.69. The number of methoxy groups -OCH3 is 1. The number of thiazole rings is 1. The van der Waals surface area contributed by atoms with Crippen LogP contribution in [-0.4, -0.2) is 40.1 Å². The predicted octanol–water partition coefficient (Wildman–Crippen LogP) is 3.94. The monoisotopic (exact) mass is 370 g/mol. The Balaban J connectivity index is 1.72. The van der Waals surface area contributed by atoms with Crippen molar-refractivity contribution in [3.05, 3.63) is 52.1 Å². The molecule has 3 rings (SSSR count). The lowest BCUT2D eigenvalue weighted by molar-refractivity contribution is 0.0777. The molecule has 0 aliphatic rings. The Labute approximate surface area is 156 Å². The Morgan fingerprint density at radius 1 is 1.35 bits per heavy atom. The van der Waals surface area contributed by atoms with Gasteiger partial charge in [-0.25, -0.2) is 4.98 Å². The van der Waals surface area contributed by atoms with Crippen LogP contribution in [0.15, 0.2) is 35.7 Å². The van der Waals surface area contributed by atoms with E-state index in [2.05, 4.69) is 29.0 Å². The second kappa shape index (κ2) is 7.70. The van der Waals surface area contributed by atoms with Crippen LogP contribution in [0.1, 0.15) is 41.0 Å². The van der Waals surface area contributed by atoms with E-state index in [4.69, 9.17) is 4.74 Å². The highest BCUT2D eigenvalue weighted by Crippen LogP contribution is 2.23. The Morgan fingerprint density at radius 2 is 2.15 bits per heavy atom. The van der Waals surface area contributed by atoms with Gasteiger partial charge in [-0.2, -0.15) is 5.10 Å². The average molecular weight is 370 g/mol. The number of hydrogen-bond donors (Lipinski definition) is 1. The molecule has 0 saturated carbocycles. The number of ether oxygens (including phenoxy) is 1. The number of hydrogen-bond acceptors (Lipinski definition) is 5. The molecule has 0 aliphatic carbocycles. The normalized spacial score (nSPS) is 11.0. The maximum Gasteiger partial charge on any atom is 0.271 e. The fourth-order valence-electron chi connectivity index (χ4n) is 2.54. The fraction of sp³-hybridized carbons (Fsp3) is 0.316.